The number of alkyl halides is 3. The molecule has 7 heteroatoms. The fourth-order valence-corrected chi connectivity index (χ4v) is 2.48. The molecule has 0 saturated carbocycles. The lowest BCUT2D eigenvalue weighted by atomic mass is 10.1. The summed E-state index contributed by atoms with van der Waals surface area (Å²) in [5.41, 5.74) is 1.81. The van der Waals surface area contributed by atoms with E-state index in [-0.39, 0.29) is 0 Å². The van der Waals surface area contributed by atoms with Crippen LogP contribution in [-0.2, 0) is 0 Å². The second-order valence-electron chi connectivity index (χ2n) is 3.34. The molecule has 92 valence electrons. The Morgan fingerprint density at radius 3 is 2.78 bits per heavy atom. The summed E-state index contributed by atoms with van der Waals surface area (Å²) in [5, 5.41) is 9.04. The topological polar surface area (TPSA) is 41.6 Å². The van der Waals surface area contributed by atoms with Gasteiger partial charge < -0.3 is 0 Å². The van der Waals surface area contributed by atoms with Gasteiger partial charge in [-0.1, -0.05) is 29.3 Å². The van der Waals surface area contributed by atoms with Crippen molar-refractivity contribution in [2.24, 2.45) is 0 Å². The average molecular weight is 302 g/mol. The van der Waals surface area contributed by atoms with Gasteiger partial charge in [0.25, 0.3) is 0 Å². The van der Waals surface area contributed by atoms with Crippen LogP contribution >= 0.6 is 35.1 Å². The van der Waals surface area contributed by atoms with Crippen LogP contribution in [0.2, 0.25) is 0 Å². The number of aromatic nitrogens is 2. The van der Waals surface area contributed by atoms with Crippen LogP contribution in [0.25, 0.3) is 11.1 Å². The molecule has 0 saturated heterocycles. The maximum Gasteiger partial charge on any atom is 0.323 e. The molecule has 2 rings (SSSR count). The van der Waals surface area contributed by atoms with Crippen molar-refractivity contribution in [3.8, 4) is 17.2 Å². The zero-order valence-corrected chi connectivity index (χ0v) is 11.2. The Hall–Kier alpha value is -1.22. The number of nitriles is 1. The van der Waals surface area contributed by atoms with Crippen molar-refractivity contribution in [2.45, 2.75) is 3.92 Å². The van der Waals surface area contributed by atoms with Gasteiger partial charge in [-0.15, -0.1) is 0 Å². The fraction of sp³-hybridized carbons (Fsp3) is 0.0909. The van der Waals surface area contributed by atoms with Crippen molar-refractivity contribution in [3.63, 3.8) is 0 Å². The maximum absolute atomic E-state index is 13.1. The molecule has 0 unspecified atom stereocenters. The Morgan fingerprint density at radius 1 is 1.44 bits per heavy atom. The van der Waals surface area contributed by atoms with Gasteiger partial charge in [-0.3, -0.25) is 8.96 Å². The highest BCUT2D eigenvalue weighted by molar-refractivity contribution is 8.01. The van der Waals surface area contributed by atoms with Crippen molar-refractivity contribution in [1.82, 2.24) is 8.96 Å². The first-order chi connectivity index (χ1) is 8.49. The summed E-state index contributed by atoms with van der Waals surface area (Å²) in [5.74, 6) is 0. The van der Waals surface area contributed by atoms with Crippen molar-refractivity contribution in [1.29, 1.82) is 5.26 Å². The Balaban J connectivity index is 2.41. The lowest BCUT2D eigenvalue weighted by molar-refractivity contribution is 0.514. The first-order valence-corrected chi connectivity index (χ1v) is 6.31. The molecule has 0 atom stereocenters. The molecule has 0 fully saturated rings. The molecule has 0 aliphatic carbocycles. The Labute approximate surface area is 117 Å². The van der Waals surface area contributed by atoms with E-state index in [0.29, 0.717) is 23.1 Å². The second kappa shape index (κ2) is 5.19. The predicted molar refractivity (Wildman–Crippen MR) is 70.9 cm³/mol. The van der Waals surface area contributed by atoms with Crippen LogP contribution in [-0.4, -0.2) is 12.9 Å². The van der Waals surface area contributed by atoms with E-state index in [0.717, 1.165) is 5.56 Å². The molecule has 0 aliphatic rings. The van der Waals surface area contributed by atoms with Gasteiger partial charge in [0.05, 0.1) is 5.56 Å². The predicted octanol–water partition coefficient (Wildman–Crippen LogP) is 3.98. The average Bonchev–Trinajstić information content (AvgIpc) is 2.71. The highest BCUT2D eigenvalue weighted by atomic mass is 35.5. The molecule has 2 aromatic rings. The van der Waals surface area contributed by atoms with Gasteiger partial charge in [0, 0.05) is 47.9 Å². The summed E-state index contributed by atoms with van der Waals surface area (Å²) < 4.78 is 12.0. The van der Waals surface area contributed by atoms with Crippen LogP contribution < -0.4 is 0 Å². The summed E-state index contributed by atoms with van der Waals surface area (Å²) >= 11 is 11.1. The highest BCUT2D eigenvalue weighted by Crippen LogP contribution is 2.38. The number of pyridine rings is 1. The minimum Gasteiger partial charge on any atom is -0.292 e. The molecule has 2 aromatic heterocycles. The third-order valence-electron chi connectivity index (χ3n) is 2.10. The molecule has 0 radical (unpaired) electrons. The van der Waals surface area contributed by atoms with Crippen molar-refractivity contribution < 1.29 is 4.39 Å². The van der Waals surface area contributed by atoms with Crippen LogP contribution in [0.1, 0.15) is 5.56 Å². The van der Waals surface area contributed by atoms with Crippen LogP contribution in [0, 0.1) is 11.3 Å². The largest absolute Gasteiger partial charge is 0.323 e. The van der Waals surface area contributed by atoms with E-state index in [4.69, 9.17) is 28.5 Å². The third kappa shape index (κ3) is 3.16. The van der Waals surface area contributed by atoms with E-state index in [9.17, 15) is 4.39 Å². The summed E-state index contributed by atoms with van der Waals surface area (Å²) in [7, 11) is 0. The summed E-state index contributed by atoms with van der Waals surface area (Å²) in [6.45, 7) is 0. The highest BCUT2D eigenvalue weighted by Gasteiger charge is 2.25. The molecule has 0 aliphatic heterocycles. The van der Waals surface area contributed by atoms with E-state index >= 15 is 0 Å². The van der Waals surface area contributed by atoms with E-state index in [1.807, 2.05) is 12.1 Å². The number of hydrogen-bond donors (Lipinski definition) is 0. The summed E-state index contributed by atoms with van der Waals surface area (Å²) in [6.07, 6.45) is 6.30. The Morgan fingerprint density at radius 2 is 2.22 bits per heavy atom. The normalized spacial score (nSPS) is 11.2. The number of rotatable bonds is 3. The lowest BCUT2D eigenvalue weighted by Gasteiger charge is -2.07. The number of nitrogens with zero attached hydrogens (tertiary/aromatic N) is 3. The lowest BCUT2D eigenvalue weighted by Crippen LogP contribution is -1.99. The van der Waals surface area contributed by atoms with Gasteiger partial charge in [-0.25, -0.2) is 0 Å². The van der Waals surface area contributed by atoms with E-state index in [1.54, 1.807) is 24.7 Å². The van der Waals surface area contributed by atoms with Gasteiger partial charge in [-0.05, 0) is 6.07 Å². The SMILES string of the molecule is N#Cc1cn(SC(F)(Cl)Cl)cc1-c1cccnc1. The number of halogens is 3. The Bertz CT molecular complexity index is 587. The molecule has 0 aromatic carbocycles. The van der Waals surface area contributed by atoms with E-state index in [1.165, 1.54) is 10.2 Å². The summed E-state index contributed by atoms with van der Waals surface area (Å²) in [6, 6.07) is 5.59. The molecular formula is C11H6Cl2FN3S. The molecule has 3 nitrogen and oxygen atoms in total. The molecule has 2 heterocycles. The van der Waals surface area contributed by atoms with E-state index < -0.39 is 3.92 Å². The van der Waals surface area contributed by atoms with Crippen LogP contribution in [0.15, 0.2) is 36.9 Å². The van der Waals surface area contributed by atoms with Crippen molar-refractivity contribution in [3.05, 3.63) is 42.5 Å². The molecular weight excluding hydrogens is 296 g/mol. The minimum absolute atomic E-state index is 0.396. The van der Waals surface area contributed by atoms with Gasteiger partial charge in [0.15, 0.2) is 0 Å². The maximum atomic E-state index is 13.1. The Kier molecular flexibility index (Phi) is 3.81. The third-order valence-corrected chi connectivity index (χ3v) is 3.15. The zero-order chi connectivity index (χ0) is 13.2. The molecule has 0 spiro atoms. The zero-order valence-electron chi connectivity index (χ0n) is 8.85. The van der Waals surface area contributed by atoms with Gasteiger partial charge in [0.2, 0.25) is 0 Å². The fourth-order valence-electron chi connectivity index (χ4n) is 1.44. The molecule has 0 N–H and O–H groups in total. The molecule has 0 bridgehead atoms. The van der Waals surface area contributed by atoms with Crippen LogP contribution in [0.3, 0.4) is 0 Å². The minimum atomic E-state index is -2.45. The van der Waals surface area contributed by atoms with Gasteiger partial charge in [0.1, 0.15) is 6.07 Å². The van der Waals surface area contributed by atoms with E-state index in [2.05, 4.69) is 4.98 Å². The smallest absolute Gasteiger partial charge is 0.292 e. The number of hydrogen-bond acceptors (Lipinski definition) is 3. The van der Waals surface area contributed by atoms with Gasteiger partial charge in [-0.2, -0.15) is 9.65 Å². The van der Waals surface area contributed by atoms with Crippen molar-refractivity contribution >= 4 is 35.1 Å². The first-order valence-electron chi connectivity index (χ1n) is 4.78. The quantitative estimate of drug-likeness (QED) is 0.805. The summed E-state index contributed by atoms with van der Waals surface area (Å²) in [4.78, 5) is 3.97. The van der Waals surface area contributed by atoms with Crippen molar-refractivity contribution in [2.75, 3.05) is 0 Å². The van der Waals surface area contributed by atoms with Crippen LogP contribution in [0.5, 0.6) is 0 Å². The first kappa shape index (κ1) is 13.2. The molecule has 18 heavy (non-hydrogen) atoms. The molecule has 0 amide bonds. The standard InChI is InChI=1S/C11H6Cl2FN3S/c12-11(13,14)18-17-6-9(4-15)10(7-17)8-2-1-3-16-5-8/h1-3,5-7H. The monoisotopic (exact) mass is 301 g/mol. The van der Waals surface area contributed by atoms with Gasteiger partial charge >= 0.3 is 3.92 Å². The van der Waals surface area contributed by atoms with Crippen LogP contribution in [0.4, 0.5) is 4.39 Å². The second-order valence-corrected chi connectivity index (χ2v) is 6.19.